The van der Waals surface area contributed by atoms with Gasteiger partial charge in [-0.2, -0.15) is 0 Å². The minimum absolute atomic E-state index is 0.147. The van der Waals surface area contributed by atoms with Crippen molar-refractivity contribution in [1.29, 1.82) is 0 Å². The van der Waals surface area contributed by atoms with Crippen LogP contribution in [0.25, 0.3) is 0 Å². The number of piperidine rings is 1. The highest BCUT2D eigenvalue weighted by Crippen LogP contribution is 2.23. The molecule has 1 fully saturated rings. The number of carbonyl (C=O) groups excluding carboxylic acids is 2. The lowest BCUT2D eigenvalue weighted by Crippen LogP contribution is -2.44. The minimum atomic E-state index is -0.492. The summed E-state index contributed by atoms with van der Waals surface area (Å²) in [5.41, 5.74) is 1.33. The highest BCUT2D eigenvalue weighted by molar-refractivity contribution is 5.79. The van der Waals surface area contributed by atoms with E-state index in [0.717, 1.165) is 0 Å². The molecular weight excluding hydrogens is 414 g/mol. The van der Waals surface area contributed by atoms with Crippen LogP contribution in [0.15, 0.2) is 48.5 Å². The number of amides is 2. The molecule has 172 valence electrons. The molecule has 1 aliphatic heterocycles. The second kappa shape index (κ2) is 11.1. The highest BCUT2D eigenvalue weighted by Gasteiger charge is 2.29. The summed E-state index contributed by atoms with van der Waals surface area (Å²) in [4.78, 5) is 26.8. The molecule has 1 N–H and O–H groups in total. The third-order valence-electron chi connectivity index (χ3n) is 5.56. The van der Waals surface area contributed by atoms with Crippen molar-refractivity contribution in [2.24, 2.45) is 11.8 Å². The Hall–Kier alpha value is -2.96. The summed E-state index contributed by atoms with van der Waals surface area (Å²) in [5, 5.41) is 3.02. The number of hydrogen-bond donors (Lipinski definition) is 1. The Morgan fingerprint density at radius 2 is 1.72 bits per heavy atom. The molecule has 1 atom stereocenters. The van der Waals surface area contributed by atoms with Crippen molar-refractivity contribution in [3.05, 3.63) is 71.3 Å². The van der Waals surface area contributed by atoms with Gasteiger partial charge in [0.05, 0.1) is 12.6 Å². The Kier molecular flexibility index (Phi) is 8.20. The van der Waals surface area contributed by atoms with Crippen molar-refractivity contribution in [1.82, 2.24) is 10.2 Å². The summed E-state index contributed by atoms with van der Waals surface area (Å²) < 4.78 is 32.7. The third kappa shape index (κ3) is 6.77. The number of halogens is 2. The smallest absolute Gasteiger partial charge is 0.409 e. The molecule has 1 saturated heterocycles. The number of rotatable bonds is 7. The maximum absolute atomic E-state index is 13.8. The molecule has 1 unspecified atom stereocenters. The molecule has 1 aliphatic rings. The van der Waals surface area contributed by atoms with E-state index in [4.69, 9.17) is 4.74 Å². The van der Waals surface area contributed by atoms with Crippen LogP contribution in [-0.4, -0.2) is 36.6 Å². The number of nitrogens with zero attached hydrogens (tertiary/aromatic N) is 1. The quantitative estimate of drug-likeness (QED) is 0.663. The maximum Gasteiger partial charge on any atom is 0.409 e. The van der Waals surface area contributed by atoms with Crippen LogP contribution in [0.2, 0.25) is 0 Å². The van der Waals surface area contributed by atoms with Gasteiger partial charge in [0, 0.05) is 19.0 Å². The zero-order chi connectivity index (χ0) is 23.1. The van der Waals surface area contributed by atoms with Gasteiger partial charge in [0.2, 0.25) is 5.91 Å². The lowest BCUT2D eigenvalue weighted by Gasteiger charge is -2.32. The zero-order valence-corrected chi connectivity index (χ0v) is 18.5. The van der Waals surface area contributed by atoms with Crippen LogP contribution in [0.3, 0.4) is 0 Å². The molecule has 0 aliphatic carbocycles. The van der Waals surface area contributed by atoms with Crippen molar-refractivity contribution in [3.63, 3.8) is 0 Å². The van der Waals surface area contributed by atoms with E-state index >= 15 is 0 Å². The molecule has 32 heavy (non-hydrogen) atoms. The second-order valence-electron chi connectivity index (χ2n) is 8.68. The van der Waals surface area contributed by atoms with Crippen molar-refractivity contribution in [2.45, 2.75) is 39.2 Å². The molecule has 2 aromatic rings. The topological polar surface area (TPSA) is 58.6 Å². The Balaban J connectivity index is 1.63. The Bertz CT molecular complexity index is 927. The molecular formula is C25H30F2N2O3. The van der Waals surface area contributed by atoms with Crippen molar-refractivity contribution in [2.75, 3.05) is 19.7 Å². The van der Waals surface area contributed by atoms with Gasteiger partial charge in [-0.05, 0) is 60.6 Å². The number of nitrogens with one attached hydrogen (secondary N) is 1. The van der Waals surface area contributed by atoms with E-state index in [-0.39, 0.29) is 29.7 Å². The van der Waals surface area contributed by atoms with Gasteiger partial charge in [-0.15, -0.1) is 0 Å². The van der Waals surface area contributed by atoms with E-state index in [1.807, 2.05) is 13.8 Å². The average molecular weight is 445 g/mol. The average Bonchev–Trinajstić information content (AvgIpc) is 2.77. The van der Waals surface area contributed by atoms with Gasteiger partial charge in [0.25, 0.3) is 0 Å². The summed E-state index contributed by atoms with van der Waals surface area (Å²) in [6.45, 7) is 5.22. The van der Waals surface area contributed by atoms with Crippen LogP contribution >= 0.6 is 0 Å². The normalized spacial score (nSPS) is 15.5. The number of hydrogen-bond acceptors (Lipinski definition) is 3. The fourth-order valence-corrected chi connectivity index (χ4v) is 3.82. The largest absolute Gasteiger partial charge is 0.449 e. The highest BCUT2D eigenvalue weighted by atomic mass is 19.1. The lowest BCUT2D eigenvalue weighted by molar-refractivity contribution is -0.127. The van der Waals surface area contributed by atoms with E-state index in [2.05, 4.69) is 5.32 Å². The van der Waals surface area contributed by atoms with E-state index in [9.17, 15) is 18.4 Å². The van der Waals surface area contributed by atoms with Crippen LogP contribution in [-0.2, 0) is 16.0 Å². The van der Waals surface area contributed by atoms with Crippen molar-refractivity contribution in [3.8, 4) is 0 Å². The number of benzene rings is 2. The molecule has 0 aromatic heterocycles. The van der Waals surface area contributed by atoms with Gasteiger partial charge in [0.15, 0.2) is 0 Å². The second-order valence-corrected chi connectivity index (χ2v) is 8.68. The zero-order valence-electron chi connectivity index (χ0n) is 18.5. The third-order valence-corrected chi connectivity index (χ3v) is 5.56. The summed E-state index contributed by atoms with van der Waals surface area (Å²) in [6.07, 6.45) is 1.05. The first-order valence-corrected chi connectivity index (χ1v) is 11.0. The Morgan fingerprint density at radius 1 is 1.06 bits per heavy atom. The number of carbonyl (C=O) groups is 2. The Morgan fingerprint density at radius 3 is 2.34 bits per heavy atom. The monoisotopic (exact) mass is 444 g/mol. The predicted molar refractivity (Wildman–Crippen MR) is 118 cm³/mol. The van der Waals surface area contributed by atoms with E-state index in [1.165, 1.54) is 24.3 Å². The maximum atomic E-state index is 13.8. The molecule has 0 saturated carbocycles. The standard InChI is InChI=1S/C25H30F2N2O3/c1-17(2)16-32-25(31)29-11-9-19(10-12-29)24(30)28-23(20-6-4-8-22(27)15-20)14-18-5-3-7-21(26)13-18/h3-8,13,15,17,19,23H,9-12,14,16H2,1-2H3,(H,28,30). The van der Waals surface area contributed by atoms with E-state index < -0.39 is 11.9 Å². The molecule has 2 amide bonds. The summed E-state index contributed by atoms with van der Waals surface area (Å²) in [7, 11) is 0. The SMILES string of the molecule is CC(C)COC(=O)N1CCC(C(=O)NC(Cc2cccc(F)c2)c2cccc(F)c2)CC1. The van der Waals surface area contributed by atoms with Crippen LogP contribution in [0, 0.1) is 23.5 Å². The van der Waals surface area contributed by atoms with Gasteiger partial charge >= 0.3 is 6.09 Å². The van der Waals surface area contributed by atoms with Crippen LogP contribution in [0.1, 0.15) is 43.9 Å². The first-order valence-electron chi connectivity index (χ1n) is 11.0. The molecule has 5 nitrogen and oxygen atoms in total. The van der Waals surface area contributed by atoms with Crippen LogP contribution in [0.4, 0.5) is 13.6 Å². The first-order chi connectivity index (χ1) is 15.3. The molecule has 2 aromatic carbocycles. The predicted octanol–water partition coefficient (Wildman–Crippen LogP) is 4.87. The first kappa shape index (κ1) is 23.7. The van der Waals surface area contributed by atoms with Gasteiger partial charge in [-0.3, -0.25) is 4.79 Å². The van der Waals surface area contributed by atoms with Gasteiger partial charge in [0.1, 0.15) is 11.6 Å². The number of ether oxygens (including phenoxy) is 1. The van der Waals surface area contributed by atoms with Gasteiger partial charge < -0.3 is 15.0 Å². The van der Waals surface area contributed by atoms with Gasteiger partial charge in [-0.25, -0.2) is 13.6 Å². The van der Waals surface area contributed by atoms with Gasteiger partial charge in [-0.1, -0.05) is 38.1 Å². The summed E-state index contributed by atoms with van der Waals surface area (Å²) in [6, 6.07) is 11.8. The minimum Gasteiger partial charge on any atom is -0.449 e. The molecule has 0 bridgehead atoms. The van der Waals surface area contributed by atoms with Crippen LogP contribution in [0.5, 0.6) is 0 Å². The molecule has 7 heteroatoms. The summed E-state index contributed by atoms with van der Waals surface area (Å²) >= 11 is 0. The van der Waals surface area contributed by atoms with E-state index in [0.29, 0.717) is 50.1 Å². The lowest BCUT2D eigenvalue weighted by atomic mass is 9.93. The fourth-order valence-electron chi connectivity index (χ4n) is 3.82. The van der Waals surface area contributed by atoms with E-state index in [1.54, 1.807) is 29.2 Å². The molecule has 3 rings (SSSR count). The molecule has 0 radical (unpaired) electrons. The molecule has 0 spiro atoms. The number of likely N-dealkylation sites (tertiary alicyclic amines) is 1. The molecule has 1 heterocycles. The Labute approximate surface area is 187 Å². The van der Waals surface area contributed by atoms with Crippen molar-refractivity contribution >= 4 is 12.0 Å². The van der Waals surface area contributed by atoms with Crippen molar-refractivity contribution < 1.29 is 23.1 Å². The van der Waals surface area contributed by atoms with Crippen LogP contribution < -0.4 is 5.32 Å². The summed E-state index contributed by atoms with van der Waals surface area (Å²) in [5.74, 6) is -0.892. The fraction of sp³-hybridized carbons (Fsp3) is 0.440.